The summed E-state index contributed by atoms with van der Waals surface area (Å²) in [5, 5.41) is 0. The first-order chi connectivity index (χ1) is 4.43. The summed E-state index contributed by atoms with van der Waals surface area (Å²) < 4.78 is 4.33. The van der Waals surface area contributed by atoms with Crippen molar-refractivity contribution in [3.63, 3.8) is 0 Å². The van der Waals surface area contributed by atoms with Crippen LogP contribution in [-0.2, 0) is 11.3 Å². The lowest BCUT2D eigenvalue weighted by molar-refractivity contribution is 0.224. The first kappa shape index (κ1) is 6.16. The number of hydrogen-bond donors (Lipinski definition) is 0. The van der Waals surface area contributed by atoms with Gasteiger partial charge in [-0.15, -0.1) is 0 Å². The van der Waals surface area contributed by atoms with Gasteiger partial charge in [0.15, 0.2) is 0 Å². The van der Waals surface area contributed by atoms with E-state index in [2.05, 4.69) is 14.7 Å². The minimum atomic E-state index is 0.313. The highest BCUT2D eigenvalue weighted by molar-refractivity contribution is 4.91. The molecule has 1 aromatic rings. The van der Waals surface area contributed by atoms with Gasteiger partial charge in [0.25, 0.3) is 0 Å². The van der Waals surface area contributed by atoms with Crippen molar-refractivity contribution in [1.29, 1.82) is 0 Å². The van der Waals surface area contributed by atoms with Gasteiger partial charge in [-0.1, -0.05) is 0 Å². The highest BCUT2D eigenvalue weighted by Gasteiger charge is 1.87. The second kappa shape index (κ2) is 3.14. The lowest BCUT2D eigenvalue weighted by atomic mass is 10.5. The van der Waals surface area contributed by atoms with Gasteiger partial charge in [-0.3, -0.25) is 9.97 Å². The van der Waals surface area contributed by atoms with Gasteiger partial charge in [-0.05, 0) is 0 Å². The van der Waals surface area contributed by atoms with Crippen LogP contribution in [0.1, 0.15) is 5.69 Å². The molecule has 0 bridgehead atoms. The van der Waals surface area contributed by atoms with Crippen molar-refractivity contribution in [1.82, 2.24) is 9.97 Å². The van der Waals surface area contributed by atoms with Crippen LogP contribution in [0.25, 0.3) is 0 Å². The van der Waals surface area contributed by atoms with Crippen molar-refractivity contribution in [2.24, 2.45) is 0 Å². The van der Waals surface area contributed by atoms with Crippen molar-refractivity contribution in [3.05, 3.63) is 31.4 Å². The van der Waals surface area contributed by atoms with E-state index in [9.17, 15) is 0 Å². The standard InChI is InChI=1S/C6H6N2O/c1-9-5-6-4-7-2-3-8-6/h1-4H,5H2. The van der Waals surface area contributed by atoms with Crippen molar-refractivity contribution in [3.8, 4) is 0 Å². The zero-order valence-corrected chi connectivity index (χ0v) is 4.82. The summed E-state index contributed by atoms with van der Waals surface area (Å²) in [5.41, 5.74) is 0.736. The molecule has 0 fully saturated rings. The monoisotopic (exact) mass is 122 g/mol. The zero-order valence-electron chi connectivity index (χ0n) is 4.82. The Bertz CT molecular complexity index is 164. The molecule has 0 unspecified atom stereocenters. The number of hydrogen-bond acceptors (Lipinski definition) is 3. The van der Waals surface area contributed by atoms with E-state index < -0.39 is 0 Å². The van der Waals surface area contributed by atoms with Crippen LogP contribution in [0, 0.1) is 7.11 Å². The molecule has 0 aliphatic carbocycles. The van der Waals surface area contributed by atoms with Crippen molar-refractivity contribution in [2.45, 2.75) is 6.61 Å². The molecule has 46 valence electrons. The molecule has 0 aromatic carbocycles. The molecule has 0 amide bonds. The van der Waals surface area contributed by atoms with Gasteiger partial charge in [-0.25, -0.2) is 0 Å². The van der Waals surface area contributed by atoms with E-state index in [4.69, 9.17) is 7.11 Å². The van der Waals surface area contributed by atoms with Crippen LogP contribution in [0.3, 0.4) is 0 Å². The molecule has 9 heavy (non-hydrogen) atoms. The summed E-state index contributed by atoms with van der Waals surface area (Å²) in [4.78, 5) is 7.71. The fourth-order valence-corrected chi connectivity index (χ4v) is 0.490. The molecule has 3 nitrogen and oxygen atoms in total. The summed E-state index contributed by atoms with van der Waals surface area (Å²) in [6.07, 6.45) is 4.79. The molecule has 2 radical (unpaired) electrons. The second-order valence-corrected chi connectivity index (χ2v) is 1.51. The average molecular weight is 122 g/mol. The summed E-state index contributed by atoms with van der Waals surface area (Å²) in [5.74, 6) is 0. The van der Waals surface area contributed by atoms with Crippen LogP contribution in [0.4, 0.5) is 0 Å². The van der Waals surface area contributed by atoms with Crippen LogP contribution < -0.4 is 0 Å². The Labute approximate surface area is 53.7 Å². The summed E-state index contributed by atoms with van der Waals surface area (Å²) in [7, 11) is 4.79. The van der Waals surface area contributed by atoms with Gasteiger partial charge in [0.2, 0.25) is 0 Å². The Hall–Kier alpha value is -0.960. The van der Waals surface area contributed by atoms with Crippen LogP contribution in [-0.4, -0.2) is 9.97 Å². The minimum Gasteiger partial charge on any atom is -0.366 e. The molecule has 0 aliphatic heterocycles. The van der Waals surface area contributed by atoms with E-state index >= 15 is 0 Å². The Balaban J connectivity index is 2.61. The molecule has 0 saturated heterocycles. The third-order valence-electron chi connectivity index (χ3n) is 0.848. The van der Waals surface area contributed by atoms with Gasteiger partial charge >= 0.3 is 0 Å². The maximum atomic E-state index is 4.79. The van der Waals surface area contributed by atoms with Crippen LogP contribution in [0.15, 0.2) is 18.6 Å². The highest BCUT2D eigenvalue weighted by atomic mass is 16.5. The summed E-state index contributed by atoms with van der Waals surface area (Å²) in [6.45, 7) is 0.313. The fourth-order valence-electron chi connectivity index (χ4n) is 0.490. The largest absolute Gasteiger partial charge is 0.366 e. The quantitative estimate of drug-likeness (QED) is 0.578. The molecule has 0 N–H and O–H groups in total. The van der Waals surface area contributed by atoms with E-state index in [-0.39, 0.29) is 0 Å². The lowest BCUT2D eigenvalue weighted by Crippen LogP contribution is -1.89. The van der Waals surface area contributed by atoms with Gasteiger partial charge in [0.1, 0.15) is 7.11 Å². The predicted octanol–water partition coefficient (Wildman–Crippen LogP) is 0.662. The molecule has 0 saturated carbocycles. The maximum absolute atomic E-state index is 4.79. The Morgan fingerprint density at radius 1 is 1.56 bits per heavy atom. The molecule has 3 heteroatoms. The smallest absolute Gasteiger partial charge is 0.116 e. The predicted molar refractivity (Wildman–Crippen MR) is 31.1 cm³/mol. The van der Waals surface area contributed by atoms with E-state index in [0.29, 0.717) is 6.61 Å². The van der Waals surface area contributed by atoms with Crippen molar-refractivity contribution < 1.29 is 4.74 Å². The van der Waals surface area contributed by atoms with E-state index in [1.165, 1.54) is 0 Å². The van der Waals surface area contributed by atoms with Gasteiger partial charge in [0, 0.05) is 12.4 Å². The topological polar surface area (TPSA) is 35.0 Å². The van der Waals surface area contributed by atoms with Gasteiger partial charge < -0.3 is 4.74 Å². The third-order valence-corrected chi connectivity index (χ3v) is 0.848. The number of aromatic nitrogens is 2. The van der Waals surface area contributed by atoms with Crippen molar-refractivity contribution in [2.75, 3.05) is 0 Å². The van der Waals surface area contributed by atoms with Gasteiger partial charge in [-0.2, -0.15) is 0 Å². The van der Waals surface area contributed by atoms with Crippen LogP contribution in [0.2, 0.25) is 0 Å². The second-order valence-electron chi connectivity index (χ2n) is 1.51. The first-order valence-corrected chi connectivity index (χ1v) is 2.50. The lowest BCUT2D eigenvalue weighted by Gasteiger charge is -1.93. The fraction of sp³-hybridized carbons (Fsp3) is 0.167. The normalized spacial score (nSPS) is 9.44. The third kappa shape index (κ3) is 1.77. The number of nitrogens with zero attached hydrogens (tertiary/aromatic N) is 2. The first-order valence-electron chi connectivity index (χ1n) is 2.50. The molecular weight excluding hydrogens is 116 g/mol. The Morgan fingerprint density at radius 2 is 2.44 bits per heavy atom. The summed E-state index contributed by atoms with van der Waals surface area (Å²) in [6, 6.07) is 0. The molecule has 0 atom stereocenters. The average Bonchev–Trinajstić information content (AvgIpc) is 1.91. The SMILES string of the molecule is [CH]OCc1cnccn1. The Kier molecular flexibility index (Phi) is 2.15. The van der Waals surface area contributed by atoms with E-state index in [0.717, 1.165) is 5.69 Å². The zero-order chi connectivity index (χ0) is 6.53. The van der Waals surface area contributed by atoms with Crippen molar-refractivity contribution >= 4 is 0 Å². The highest BCUT2D eigenvalue weighted by Crippen LogP contribution is 1.90. The van der Waals surface area contributed by atoms with Crippen LogP contribution >= 0.6 is 0 Å². The van der Waals surface area contributed by atoms with E-state index in [1.807, 2.05) is 0 Å². The number of rotatable bonds is 2. The molecule has 1 rings (SSSR count). The minimum absolute atomic E-state index is 0.313. The molecule has 0 aliphatic rings. The van der Waals surface area contributed by atoms with Gasteiger partial charge in [0.05, 0.1) is 18.5 Å². The van der Waals surface area contributed by atoms with Crippen LogP contribution in [0.5, 0.6) is 0 Å². The molecule has 1 heterocycles. The Morgan fingerprint density at radius 3 is 3.00 bits per heavy atom. The molecule has 1 aromatic heterocycles. The number of ether oxygens (including phenoxy) is 1. The summed E-state index contributed by atoms with van der Waals surface area (Å²) >= 11 is 0. The maximum Gasteiger partial charge on any atom is 0.116 e. The molecular formula is C6H6N2O. The van der Waals surface area contributed by atoms with E-state index in [1.54, 1.807) is 18.6 Å². The molecule has 0 spiro atoms.